The molecule has 0 saturated heterocycles. The van der Waals surface area contributed by atoms with Crippen molar-refractivity contribution in [3.63, 3.8) is 0 Å². The lowest BCUT2D eigenvalue weighted by Crippen LogP contribution is -2.46. The second-order valence-electron chi connectivity index (χ2n) is 5.23. The number of hydrogen-bond donors (Lipinski definition) is 0. The zero-order valence-corrected chi connectivity index (χ0v) is 11.5. The van der Waals surface area contributed by atoms with Crippen LogP contribution in [0.2, 0.25) is 0 Å². The fraction of sp³-hybridized carbons (Fsp3) is 0.235. The van der Waals surface area contributed by atoms with Crippen molar-refractivity contribution in [3.05, 3.63) is 54.1 Å². The van der Waals surface area contributed by atoms with Crippen LogP contribution in [0.15, 0.2) is 48.5 Å². The van der Waals surface area contributed by atoms with Gasteiger partial charge in [-0.1, -0.05) is 30.3 Å². The summed E-state index contributed by atoms with van der Waals surface area (Å²) >= 11 is 0. The molecular weight excluding hydrogens is 266 g/mol. The number of hydrogen-bond acceptors (Lipinski definition) is 3. The van der Waals surface area contributed by atoms with E-state index >= 15 is 0 Å². The Morgan fingerprint density at radius 3 is 2.71 bits per heavy atom. The molecule has 4 nitrogen and oxygen atoms in total. The normalized spacial score (nSPS) is 19.2. The van der Waals surface area contributed by atoms with E-state index in [1.807, 2.05) is 42.5 Å². The van der Waals surface area contributed by atoms with Crippen LogP contribution >= 0.6 is 0 Å². The van der Waals surface area contributed by atoms with E-state index < -0.39 is 6.10 Å². The summed E-state index contributed by atoms with van der Waals surface area (Å²) in [5.74, 6) is 1.30. The molecule has 106 valence electrons. The summed E-state index contributed by atoms with van der Waals surface area (Å²) in [7, 11) is 0. The van der Waals surface area contributed by atoms with E-state index in [2.05, 4.69) is 6.07 Å². The Hall–Kier alpha value is -2.49. The van der Waals surface area contributed by atoms with Crippen LogP contribution in [0.1, 0.15) is 5.56 Å². The van der Waals surface area contributed by atoms with Gasteiger partial charge in [-0.3, -0.25) is 4.79 Å². The summed E-state index contributed by atoms with van der Waals surface area (Å²) < 4.78 is 11.4. The maximum atomic E-state index is 12.7. The summed E-state index contributed by atoms with van der Waals surface area (Å²) in [6.45, 7) is 0.966. The van der Waals surface area contributed by atoms with Crippen molar-refractivity contribution in [2.45, 2.75) is 12.5 Å². The first-order chi connectivity index (χ1) is 10.3. The summed E-state index contributed by atoms with van der Waals surface area (Å²) in [5, 5.41) is 0. The molecule has 2 aromatic carbocycles. The number of anilines is 1. The Kier molecular flexibility index (Phi) is 2.81. The van der Waals surface area contributed by atoms with Gasteiger partial charge >= 0.3 is 0 Å². The highest BCUT2D eigenvalue weighted by Gasteiger charge is 2.34. The number of fused-ring (bicyclic) bond motifs is 2. The minimum atomic E-state index is -0.578. The van der Waals surface area contributed by atoms with Crippen molar-refractivity contribution in [2.24, 2.45) is 0 Å². The van der Waals surface area contributed by atoms with E-state index in [0.29, 0.717) is 18.0 Å². The van der Waals surface area contributed by atoms with Crippen LogP contribution in [-0.2, 0) is 11.2 Å². The average molecular weight is 281 g/mol. The SMILES string of the molecule is O=C([C@@H]1COc2ccccc2O1)N1CCc2ccccc21. The highest BCUT2D eigenvalue weighted by Crippen LogP contribution is 2.33. The van der Waals surface area contributed by atoms with Crippen LogP contribution < -0.4 is 14.4 Å². The monoisotopic (exact) mass is 281 g/mol. The van der Waals surface area contributed by atoms with Gasteiger partial charge < -0.3 is 14.4 Å². The van der Waals surface area contributed by atoms with E-state index in [9.17, 15) is 4.79 Å². The van der Waals surface area contributed by atoms with Gasteiger partial charge in [0.1, 0.15) is 6.61 Å². The third-order valence-corrected chi connectivity index (χ3v) is 3.94. The van der Waals surface area contributed by atoms with Gasteiger partial charge in [0.2, 0.25) is 6.10 Å². The molecule has 0 spiro atoms. The van der Waals surface area contributed by atoms with Crippen LogP contribution in [0.25, 0.3) is 0 Å². The lowest BCUT2D eigenvalue weighted by Gasteiger charge is -2.29. The Morgan fingerprint density at radius 1 is 1.05 bits per heavy atom. The van der Waals surface area contributed by atoms with Gasteiger partial charge in [0.05, 0.1) is 0 Å². The zero-order chi connectivity index (χ0) is 14.2. The Labute approximate surface area is 122 Å². The summed E-state index contributed by atoms with van der Waals surface area (Å²) in [6, 6.07) is 15.4. The lowest BCUT2D eigenvalue weighted by atomic mass is 10.2. The van der Waals surface area contributed by atoms with Crippen LogP contribution in [0.4, 0.5) is 5.69 Å². The van der Waals surface area contributed by atoms with Crippen molar-refractivity contribution in [1.82, 2.24) is 0 Å². The van der Waals surface area contributed by atoms with E-state index in [0.717, 1.165) is 12.1 Å². The Morgan fingerprint density at radius 2 is 1.81 bits per heavy atom. The first kappa shape index (κ1) is 12.3. The first-order valence-electron chi connectivity index (χ1n) is 7.11. The highest BCUT2D eigenvalue weighted by atomic mass is 16.6. The number of carbonyl (C=O) groups excluding carboxylic acids is 1. The summed E-state index contributed by atoms with van der Waals surface area (Å²) in [5.41, 5.74) is 2.20. The fourth-order valence-electron chi connectivity index (χ4n) is 2.88. The topological polar surface area (TPSA) is 38.8 Å². The molecule has 0 saturated carbocycles. The first-order valence-corrected chi connectivity index (χ1v) is 7.11. The maximum absolute atomic E-state index is 12.7. The molecular formula is C17H15NO3. The smallest absolute Gasteiger partial charge is 0.271 e. The number of rotatable bonds is 1. The van der Waals surface area contributed by atoms with Gasteiger partial charge in [-0.25, -0.2) is 0 Å². The van der Waals surface area contributed by atoms with Gasteiger partial charge in [0.25, 0.3) is 5.91 Å². The Bertz CT molecular complexity index is 698. The molecule has 2 heterocycles. The molecule has 0 N–H and O–H groups in total. The number of ether oxygens (including phenoxy) is 2. The van der Waals surface area contributed by atoms with Gasteiger partial charge in [0, 0.05) is 12.2 Å². The van der Waals surface area contributed by atoms with Crippen LogP contribution in [-0.4, -0.2) is 25.2 Å². The summed E-state index contributed by atoms with van der Waals surface area (Å²) in [6.07, 6.45) is 0.317. The highest BCUT2D eigenvalue weighted by molar-refractivity contribution is 5.98. The molecule has 1 atom stereocenters. The third-order valence-electron chi connectivity index (χ3n) is 3.94. The number of amides is 1. The standard InChI is InChI=1S/C17H15NO3/c19-17(18-10-9-12-5-1-2-6-13(12)18)16-11-20-14-7-3-4-8-15(14)21-16/h1-8,16H,9-11H2/t16-/m0/s1. The molecule has 2 aliphatic rings. The van der Waals surface area contributed by atoms with E-state index in [1.165, 1.54) is 5.56 Å². The molecule has 1 amide bonds. The minimum Gasteiger partial charge on any atom is -0.485 e. The van der Waals surface area contributed by atoms with Crippen LogP contribution in [0, 0.1) is 0 Å². The maximum Gasteiger partial charge on any atom is 0.271 e. The van der Waals surface area contributed by atoms with Crippen molar-refractivity contribution in [2.75, 3.05) is 18.1 Å². The molecule has 2 aliphatic heterocycles. The van der Waals surface area contributed by atoms with Crippen molar-refractivity contribution in [3.8, 4) is 11.5 Å². The molecule has 0 bridgehead atoms. The molecule has 0 fully saturated rings. The average Bonchev–Trinajstić information content (AvgIpc) is 2.98. The molecule has 0 radical (unpaired) electrons. The zero-order valence-electron chi connectivity index (χ0n) is 11.5. The number of para-hydroxylation sites is 3. The predicted octanol–water partition coefficient (Wildman–Crippen LogP) is 2.42. The van der Waals surface area contributed by atoms with Crippen molar-refractivity contribution < 1.29 is 14.3 Å². The molecule has 4 heteroatoms. The van der Waals surface area contributed by atoms with E-state index in [4.69, 9.17) is 9.47 Å². The number of nitrogens with zero attached hydrogens (tertiary/aromatic N) is 1. The van der Waals surface area contributed by atoms with Gasteiger partial charge in [-0.15, -0.1) is 0 Å². The molecule has 0 aromatic heterocycles. The summed E-state index contributed by atoms with van der Waals surface area (Å²) in [4.78, 5) is 14.5. The quantitative estimate of drug-likeness (QED) is 0.805. The van der Waals surface area contributed by atoms with Gasteiger partial charge in [-0.2, -0.15) is 0 Å². The van der Waals surface area contributed by atoms with Gasteiger partial charge in [-0.05, 0) is 30.2 Å². The second kappa shape index (κ2) is 4.81. The molecule has 2 aromatic rings. The molecule has 4 rings (SSSR count). The third kappa shape index (κ3) is 2.03. The van der Waals surface area contributed by atoms with Crippen molar-refractivity contribution in [1.29, 1.82) is 0 Å². The second-order valence-corrected chi connectivity index (χ2v) is 5.23. The van der Waals surface area contributed by atoms with Crippen LogP contribution in [0.3, 0.4) is 0 Å². The van der Waals surface area contributed by atoms with E-state index in [-0.39, 0.29) is 12.5 Å². The van der Waals surface area contributed by atoms with Crippen molar-refractivity contribution >= 4 is 11.6 Å². The minimum absolute atomic E-state index is 0.0329. The number of carbonyl (C=O) groups is 1. The largest absolute Gasteiger partial charge is 0.485 e. The fourth-order valence-corrected chi connectivity index (χ4v) is 2.88. The molecule has 0 aliphatic carbocycles. The van der Waals surface area contributed by atoms with Crippen LogP contribution in [0.5, 0.6) is 11.5 Å². The Balaban J connectivity index is 1.57. The molecule has 21 heavy (non-hydrogen) atoms. The number of benzene rings is 2. The molecule has 0 unspecified atom stereocenters. The lowest BCUT2D eigenvalue weighted by molar-refractivity contribution is -0.127. The van der Waals surface area contributed by atoms with Gasteiger partial charge in [0.15, 0.2) is 11.5 Å². The predicted molar refractivity (Wildman–Crippen MR) is 78.9 cm³/mol. The van der Waals surface area contributed by atoms with E-state index in [1.54, 1.807) is 4.90 Å².